The molecule has 0 aliphatic heterocycles. The molecular formula is C93H150N2O6. The van der Waals surface area contributed by atoms with E-state index < -0.39 is 11.9 Å². The minimum absolute atomic E-state index is 0.327. The number of hydrogen-bond donors (Lipinski definition) is 0. The van der Waals surface area contributed by atoms with Crippen LogP contribution in [0.4, 0.5) is 11.4 Å². The number of unbranched alkanes of at least 4 members (excludes halogenated alkanes) is 52. The van der Waals surface area contributed by atoms with Crippen molar-refractivity contribution in [2.24, 2.45) is 0 Å². The summed E-state index contributed by atoms with van der Waals surface area (Å²) in [7, 11) is 0. The van der Waals surface area contributed by atoms with Gasteiger partial charge in [0, 0.05) is 48.7 Å². The molecule has 0 heterocycles. The molecule has 8 heteroatoms. The van der Waals surface area contributed by atoms with E-state index in [1.165, 1.54) is 360 Å². The third kappa shape index (κ3) is 44.9. The van der Waals surface area contributed by atoms with Gasteiger partial charge in [-0.2, -0.15) is 0 Å². The van der Waals surface area contributed by atoms with Crippen molar-refractivity contribution in [2.75, 3.05) is 36.0 Å². The highest BCUT2D eigenvalue weighted by Crippen LogP contribution is 2.26. The molecule has 8 nitrogen and oxygen atoms in total. The van der Waals surface area contributed by atoms with E-state index in [1.807, 2.05) is 24.3 Å². The number of carbonyl (C=O) groups is 4. The van der Waals surface area contributed by atoms with E-state index in [4.69, 9.17) is 9.47 Å². The summed E-state index contributed by atoms with van der Waals surface area (Å²) in [4.78, 5) is 58.8. The number of carbonyl (C=O) groups excluding carboxylic acids is 4. The maximum atomic E-state index is 13.5. The second kappa shape index (κ2) is 62.2. The molecule has 0 saturated heterocycles. The first kappa shape index (κ1) is 88.2. The molecule has 0 atom stereocenters. The summed E-state index contributed by atoms with van der Waals surface area (Å²) in [6.45, 7) is 13.2. The SMILES string of the molecule is CCCCCCCCCCCCCCCCN(CCCCCCCCCCCCCCCC)c1ccc(C(=O)Oc2ccc(C(=O)CC(=O)c3ccc(OC(=O)c4ccc(N(CCCCCCCCCCCCCCCC)CCCCCCCCCCCCCCCC)cc4)cc3)cc2)cc1. The molecule has 0 fully saturated rings. The van der Waals surface area contributed by atoms with E-state index in [9.17, 15) is 19.2 Å². The van der Waals surface area contributed by atoms with Crippen molar-refractivity contribution in [3.8, 4) is 11.5 Å². The predicted molar refractivity (Wildman–Crippen MR) is 435 cm³/mol. The normalized spacial score (nSPS) is 11.4. The molecule has 4 aromatic rings. The fraction of sp³-hybridized carbons (Fsp3) is 0.699. The Kier molecular flexibility index (Phi) is 54.3. The molecule has 0 amide bonds. The van der Waals surface area contributed by atoms with Crippen molar-refractivity contribution in [1.29, 1.82) is 0 Å². The Bertz CT molecular complexity index is 2350. The highest BCUT2D eigenvalue weighted by molar-refractivity contribution is 6.13. The molecule has 0 aliphatic carbocycles. The number of benzene rings is 4. The van der Waals surface area contributed by atoms with Gasteiger partial charge in [-0.05, 0) is 123 Å². The average Bonchev–Trinajstić information content (AvgIpc) is 0.868. The van der Waals surface area contributed by atoms with Gasteiger partial charge in [0.2, 0.25) is 0 Å². The van der Waals surface area contributed by atoms with Crippen LogP contribution in [-0.2, 0) is 0 Å². The molecule has 4 rings (SSSR count). The summed E-state index contributed by atoms with van der Waals surface area (Å²) in [6.07, 6.45) is 75.3. The molecule has 4 aromatic carbocycles. The van der Waals surface area contributed by atoms with E-state index in [2.05, 4.69) is 61.8 Å². The van der Waals surface area contributed by atoms with Gasteiger partial charge in [-0.25, -0.2) is 9.59 Å². The van der Waals surface area contributed by atoms with E-state index in [1.54, 1.807) is 48.5 Å². The smallest absolute Gasteiger partial charge is 0.343 e. The van der Waals surface area contributed by atoms with Crippen LogP contribution in [0.2, 0.25) is 0 Å². The molecular weight excluding hydrogens is 1240 g/mol. The van der Waals surface area contributed by atoms with E-state index >= 15 is 0 Å². The molecule has 0 bridgehead atoms. The van der Waals surface area contributed by atoms with Crippen LogP contribution in [0, 0.1) is 0 Å². The fourth-order valence-corrected chi connectivity index (χ4v) is 14.4. The van der Waals surface area contributed by atoms with Crippen molar-refractivity contribution in [2.45, 2.75) is 394 Å². The number of rotatable bonds is 70. The lowest BCUT2D eigenvalue weighted by Crippen LogP contribution is -2.25. The van der Waals surface area contributed by atoms with Gasteiger partial charge in [0.25, 0.3) is 0 Å². The van der Waals surface area contributed by atoms with Crippen LogP contribution in [0.15, 0.2) is 97.1 Å². The van der Waals surface area contributed by atoms with E-state index in [0.717, 1.165) is 37.6 Å². The zero-order valence-corrected chi connectivity index (χ0v) is 65.7. The summed E-state index contributed by atoms with van der Waals surface area (Å²) in [5.74, 6) is -0.941. The van der Waals surface area contributed by atoms with E-state index in [-0.39, 0.29) is 18.0 Å². The Hall–Kier alpha value is -5.24. The lowest BCUT2D eigenvalue weighted by Gasteiger charge is -2.25. The Labute approximate surface area is 620 Å². The average molecular weight is 1390 g/mol. The fourth-order valence-electron chi connectivity index (χ4n) is 14.4. The van der Waals surface area contributed by atoms with E-state index in [0.29, 0.717) is 33.8 Å². The number of ether oxygens (including phenoxy) is 2. The minimum Gasteiger partial charge on any atom is -0.423 e. The Morgan fingerprint density at radius 3 is 0.574 bits per heavy atom. The minimum atomic E-state index is -0.457. The summed E-state index contributed by atoms with van der Waals surface area (Å²) in [5.41, 5.74) is 3.94. The van der Waals surface area contributed by atoms with Crippen LogP contribution in [0.3, 0.4) is 0 Å². The summed E-state index contributed by atoms with van der Waals surface area (Å²) >= 11 is 0. The summed E-state index contributed by atoms with van der Waals surface area (Å²) in [6, 6.07) is 28.6. The second-order valence-corrected chi connectivity index (χ2v) is 30.3. The topological polar surface area (TPSA) is 93.2 Å². The molecule has 0 saturated carbocycles. The molecule has 101 heavy (non-hydrogen) atoms. The molecule has 0 aromatic heterocycles. The Balaban J connectivity index is 1.21. The van der Waals surface area contributed by atoms with Crippen LogP contribution >= 0.6 is 0 Å². The molecule has 0 N–H and O–H groups in total. The van der Waals surface area contributed by atoms with Crippen molar-refractivity contribution in [3.63, 3.8) is 0 Å². The lowest BCUT2D eigenvalue weighted by atomic mass is 10.0. The first-order valence-electron chi connectivity index (χ1n) is 43.2. The molecule has 0 aliphatic rings. The van der Waals surface area contributed by atoms with Crippen LogP contribution < -0.4 is 19.3 Å². The van der Waals surface area contributed by atoms with Gasteiger partial charge in [-0.3, -0.25) is 9.59 Å². The third-order valence-corrected chi connectivity index (χ3v) is 21.2. The first-order chi connectivity index (χ1) is 49.8. The van der Waals surface area contributed by atoms with Gasteiger partial charge in [0.05, 0.1) is 17.5 Å². The summed E-state index contributed by atoms with van der Waals surface area (Å²) in [5, 5.41) is 0. The Morgan fingerprint density at radius 2 is 0.386 bits per heavy atom. The van der Waals surface area contributed by atoms with Gasteiger partial charge < -0.3 is 19.3 Å². The molecule has 0 spiro atoms. The zero-order valence-electron chi connectivity index (χ0n) is 65.7. The number of anilines is 2. The first-order valence-corrected chi connectivity index (χ1v) is 43.2. The number of ketones is 2. The van der Waals surface area contributed by atoms with Gasteiger partial charge in [-0.1, -0.05) is 362 Å². The second-order valence-electron chi connectivity index (χ2n) is 30.3. The van der Waals surface area contributed by atoms with Crippen LogP contribution in [0.25, 0.3) is 0 Å². The van der Waals surface area contributed by atoms with Crippen molar-refractivity contribution >= 4 is 34.9 Å². The largest absolute Gasteiger partial charge is 0.423 e. The van der Waals surface area contributed by atoms with Gasteiger partial charge in [0.15, 0.2) is 11.6 Å². The van der Waals surface area contributed by atoms with Crippen LogP contribution in [0.5, 0.6) is 11.5 Å². The van der Waals surface area contributed by atoms with Crippen molar-refractivity contribution < 1.29 is 28.7 Å². The highest BCUT2D eigenvalue weighted by Gasteiger charge is 2.18. The quantitative estimate of drug-likeness (QED) is 0.0142. The van der Waals surface area contributed by atoms with Crippen LogP contribution in [0.1, 0.15) is 435 Å². The number of nitrogens with zero attached hydrogens (tertiary/aromatic N) is 2. The lowest BCUT2D eigenvalue weighted by molar-refractivity contribution is 0.0725. The van der Waals surface area contributed by atoms with Crippen LogP contribution in [-0.4, -0.2) is 49.7 Å². The monoisotopic (exact) mass is 1390 g/mol. The van der Waals surface area contributed by atoms with Crippen molar-refractivity contribution in [3.05, 3.63) is 119 Å². The summed E-state index contributed by atoms with van der Waals surface area (Å²) < 4.78 is 11.6. The van der Waals surface area contributed by atoms with Gasteiger partial charge in [-0.15, -0.1) is 0 Å². The molecule has 0 radical (unpaired) electrons. The maximum absolute atomic E-state index is 13.5. The van der Waals surface area contributed by atoms with Gasteiger partial charge in [0.1, 0.15) is 11.5 Å². The molecule has 0 unspecified atom stereocenters. The molecule has 568 valence electrons. The highest BCUT2D eigenvalue weighted by atomic mass is 16.5. The number of Topliss-reactive ketones (excluding diaryl/α,β-unsaturated/α-hetero) is 2. The number of esters is 2. The number of hydrogen-bond acceptors (Lipinski definition) is 8. The van der Waals surface area contributed by atoms with Gasteiger partial charge >= 0.3 is 11.9 Å². The van der Waals surface area contributed by atoms with Crippen molar-refractivity contribution in [1.82, 2.24) is 0 Å². The zero-order chi connectivity index (χ0) is 71.9. The Morgan fingerprint density at radius 1 is 0.218 bits per heavy atom. The third-order valence-electron chi connectivity index (χ3n) is 21.2. The predicted octanol–water partition coefficient (Wildman–Crippen LogP) is 29.1. The standard InChI is InChI=1S/C93H150N2O6/c1-5-9-13-17-21-25-29-33-37-41-45-49-53-57-77-94(78-58-54-50-46-42-38-34-30-26-22-18-14-10-6-2)86-69-61-84(62-70-86)92(98)100-88-73-65-82(66-74-88)90(96)81-91(97)83-67-75-89(76-68-83)101-93(99)85-63-71-87(72-64-85)95(79-59-55-51-47-43-39-35-31-27-23-19-15-11-7-3)80-60-56-52-48-44-40-36-32-28-24-20-16-12-8-4/h61-76H,5-60,77-81H2,1-4H3. The maximum Gasteiger partial charge on any atom is 0.343 e.